The van der Waals surface area contributed by atoms with Crippen molar-refractivity contribution in [3.05, 3.63) is 47.5 Å². The van der Waals surface area contributed by atoms with Gasteiger partial charge in [-0.05, 0) is 49.0 Å². The van der Waals surface area contributed by atoms with E-state index in [2.05, 4.69) is 0 Å². The maximum Gasteiger partial charge on any atom is 0.488 e. The van der Waals surface area contributed by atoms with E-state index in [1.165, 1.54) is 25.1 Å². The fourth-order valence-corrected chi connectivity index (χ4v) is 3.82. The second-order valence-corrected chi connectivity index (χ2v) is 7.63. The van der Waals surface area contributed by atoms with Gasteiger partial charge < -0.3 is 20.1 Å². The fourth-order valence-electron chi connectivity index (χ4n) is 2.35. The number of hydrogen-bond acceptors (Lipinski definition) is 7. The molecule has 2 aromatic carbocycles. The molecule has 0 saturated heterocycles. The molecule has 2 rings (SSSR count). The van der Waals surface area contributed by atoms with E-state index in [9.17, 15) is 33.3 Å². The normalized spacial score (nSPS) is 11.3. The van der Waals surface area contributed by atoms with Crippen LogP contribution in [0.25, 0.3) is 0 Å². The van der Waals surface area contributed by atoms with Crippen LogP contribution in [0.2, 0.25) is 0 Å². The average Bonchev–Trinajstić information content (AvgIpc) is 2.53. The van der Waals surface area contributed by atoms with Crippen LogP contribution < -0.4 is 10.9 Å². The Morgan fingerprint density at radius 2 is 1.32 bits per heavy atom. The minimum absolute atomic E-state index is 0.00344. The molecule has 0 fully saturated rings. The van der Waals surface area contributed by atoms with Crippen molar-refractivity contribution in [3.8, 4) is 0 Å². The molecule has 25 heavy (non-hydrogen) atoms. The Kier molecular flexibility index (Phi) is 5.50. The lowest BCUT2D eigenvalue weighted by molar-refractivity contribution is 0.101. The summed E-state index contributed by atoms with van der Waals surface area (Å²) < 4.78 is 25.7. The predicted octanol–water partition coefficient (Wildman–Crippen LogP) is -1.61. The zero-order chi connectivity index (χ0) is 18.9. The van der Waals surface area contributed by atoms with Crippen LogP contribution in [0.1, 0.15) is 22.8 Å². The van der Waals surface area contributed by atoms with Gasteiger partial charge >= 0.3 is 14.2 Å². The topological polar surface area (TPSA) is 132 Å². The Morgan fingerprint density at radius 3 is 1.80 bits per heavy atom. The minimum atomic E-state index is -4.13. The van der Waals surface area contributed by atoms with Gasteiger partial charge in [-0.15, -0.1) is 0 Å². The van der Waals surface area contributed by atoms with E-state index in [0.29, 0.717) is 5.56 Å². The predicted molar refractivity (Wildman–Crippen MR) is 92.7 cm³/mol. The second-order valence-electron chi connectivity index (χ2n) is 5.68. The summed E-state index contributed by atoms with van der Waals surface area (Å²) in [7, 11) is -7.91. The lowest BCUT2D eigenvalue weighted by Crippen LogP contribution is -2.32. The zero-order valence-electron chi connectivity index (χ0n) is 13.5. The number of carbonyl (C=O) groups is 1. The molecule has 0 unspecified atom stereocenters. The molecular formula is C15H16B2O7S. The summed E-state index contributed by atoms with van der Waals surface area (Å²) in [5, 5.41) is 37.3. The van der Waals surface area contributed by atoms with Crippen molar-refractivity contribution in [2.24, 2.45) is 0 Å². The van der Waals surface area contributed by atoms with Crippen molar-refractivity contribution >= 4 is 40.8 Å². The maximum atomic E-state index is 12.9. The van der Waals surface area contributed by atoms with E-state index in [-0.39, 0.29) is 26.3 Å². The Labute approximate surface area is 145 Å². The molecule has 0 bridgehead atoms. The van der Waals surface area contributed by atoms with Crippen LogP contribution in [-0.2, 0) is 9.84 Å². The first-order valence-electron chi connectivity index (χ1n) is 7.27. The number of sulfone groups is 1. The van der Waals surface area contributed by atoms with Crippen LogP contribution in [-0.4, -0.2) is 48.5 Å². The van der Waals surface area contributed by atoms with E-state index in [1.54, 1.807) is 6.92 Å². The van der Waals surface area contributed by atoms with Gasteiger partial charge in [0.05, 0.1) is 9.79 Å². The van der Waals surface area contributed by atoms with Crippen LogP contribution in [0.5, 0.6) is 0 Å². The average molecular weight is 362 g/mol. The highest BCUT2D eigenvalue weighted by molar-refractivity contribution is 7.91. The summed E-state index contributed by atoms with van der Waals surface area (Å²) in [4.78, 5) is 11.1. The number of ketones is 1. The quantitative estimate of drug-likeness (QED) is 0.372. The summed E-state index contributed by atoms with van der Waals surface area (Å²) in [6.07, 6.45) is 0. The monoisotopic (exact) mass is 362 g/mol. The summed E-state index contributed by atoms with van der Waals surface area (Å²) >= 11 is 0. The first-order chi connectivity index (χ1) is 11.5. The standard InChI is InChI=1S/C15H16B2O7S/c1-9-3-12(16(19)20)7-14(4-9)25(23,24)15-6-11(10(2)18)5-13(8-15)17(21)22/h3-8,19-22H,1-2H3. The van der Waals surface area contributed by atoms with Crippen molar-refractivity contribution in [1.82, 2.24) is 0 Å². The van der Waals surface area contributed by atoms with E-state index in [1.807, 2.05) is 0 Å². The van der Waals surface area contributed by atoms with Crippen molar-refractivity contribution in [1.29, 1.82) is 0 Å². The summed E-state index contributed by atoms with van der Waals surface area (Å²) in [6.45, 7) is 2.83. The number of hydrogen-bond donors (Lipinski definition) is 4. The molecular weight excluding hydrogens is 346 g/mol. The molecule has 2 aromatic rings. The highest BCUT2D eigenvalue weighted by Gasteiger charge is 2.24. The molecule has 0 amide bonds. The Morgan fingerprint density at radius 1 is 0.840 bits per heavy atom. The van der Waals surface area contributed by atoms with Crippen molar-refractivity contribution in [3.63, 3.8) is 0 Å². The van der Waals surface area contributed by atoms with Gasteiger partial charge in [-0.25, -0.2) is 8.42 Å². The van der Waals surface area contributed by atoms with Crippen LogP contribution in [0.3, 0.4) is 0 Å². The molecule has 7 nitrogen and oxygen atoms in total. The number of carbonyl (C=O) groups excluding carboxylic acids is 1. The van der Waals surface area contributed by atoms with Crippen molar-refractivity contribution < 1.29 is 33.3 Å². The van der Waals surface area contributed by atoms with Crippen molar-refractivity contribution in [2.45, 2.75) is 23.6 Å². The summed E-state index contributed by atoms with van der Waals surface area (Å²) in [5.74, 6) is -0.435. The number of rotatable bonds is 5. The van der Waals surface area contributed by atoms with Gasteiger partial charge in [0.25, 0.3) is 0 Å². The van der Waals surface area contributed by atoms with Gasteiger partial charge in [-0.3, -0.25) is 4.79 Å². The van der Waals surface area contributed by atoms with E-state index in [0.717, 1.165) is 18.2 Å². The Balaban J connectivity index is 2.70. The van der Waals surface area contributed by atoms with Gasteiger partial charge in [0.1, 0.15) is 0 Å². The Bertz CT molecular complexity index is 923. The number of Topliss-reactive ketones (excluding diaryl/α,β-unsaturated/α-hetero) is 1. The molecule has 0 spiro atoms. The van der Waals surface area contributed by atoms with Gasteiger partial charge in [-0.2, -0.15) is 0 Å². The maximum absolute atomic E-state index is 12.9. The molecule has 0 aliphatic heterocycles. The van der Waals surface area contributed by atoms with Crippen LogP contribution in [0.4, 0.5) is 0 Å². The van der Waals surface area contributed by atoms with E-state index in [4.69, 9.17) is 0 Å². The molecule has 0 aromatic heterocycles. The molecule has 130 valence electrons. The van der Waals surface area contributed by atoms with Crippen molar-refractivity contribution in [2.75, 3.05) is 0 Å². The molecule has 4 N–H and O–H groups in total. The second kappa shape index (κ2) is 7.11. The number of aryl methyl sites for hydroxylation is 1. The zero-order valence-corrected chi connectivity index (χ0v) is 14.4. The molecule has 10 heteroatoms. The first kappa shape index (κ1) is 19.4. The van der Waals surface area contributed by atoms with E-state index < -0.39 is 29.9 Å². The third kappa shape index (κ3) is 4.17. The van der Waals surface area contributed by atoms with Crippen LogP contribution >= 0.6 is 0 Å². The van der Waals surface area contributed by atoms with Crippen LogP contribution in [0.15, 0.2) is 46.2 Å². The lowest BCUT2D eigenvalue weighted by atomic mass is 9.79. The highest BCUT2D eigenvalue weighted by Crippen LogP contribution is 2.22. The van der Waals surface area contributed by atoms with Gasteiger partial charge in [0.2, 0.25) is 9.84 Å². The molecule has 0 radical (unpaired) electrons. The van der Waals surface area contributed by atoms with Gasteiger partial charge in [0.15, 0.2) is 5.78 Å². The summed E-state index contributed by atoms with van der Waals surface area (Å²) in [5.41, 5.74) is 0.374. The minimum Gasteiger partial charge on any atom is -0.423 e. The fraction of sp³-hybridized carbons (Fsp3) is 0.133. The first-order valence-corrected chi connectivity index (χ1v) is 8.75. The molecule has 0 aliphatic rings. The van der Waals surface area contributed by atoms with Gasteiger partial charge in [0, 0.05) is 5.56 Å². The molecule has 0 heterocycles. The number of benzene rings is 2. The highest BCUT2D eigenvalue weighted by atomic mass is 32.2. The van der Waals surface area contributed by atoms with E-state index >= 15 is 0 Å². The largest absolute Gasteiger partial charge is 0.488 e. The molecule has 0 aliphatic carbocycles. The third-order valence-electron chi connectivity index (χ3n) is 3.63. The third-order valence-corrected chi connectivity index (χ3v) is 5.34. The molecule has 0 atom stereocenters. The van der Waals surface area contributed by atoms with Gasteiger partial charge in [-0.1, -0.05) is 17.7 Å². The smallest absolute Gasteiger partial charge is 0.423 e. The lowest BCUT2D eigenvalue weighted by Gasteiger charge is -2.11. The Hall–Kier alpha value is -1.97. The molecule has 0 saturated carbocycles. The van der Waals surface area contributed by atoms with Crippen LogP contribution in [0, 0.1) is 6.92 Å². The SMILES string of the molecule is CC(=O)c1cc(B(O)O)cc(S(=O)(=O)c2cc(C)cc(B(O)O)c2)c1. The summed E-state index contributed by atoms with van der Waals surface area (Å²) in [6, 6.07) is 7.29.